The van der Waals surface area contributed by atoms with Gasteiger partial charge < -0.3 is 14.9 Å². The summed E-state index contributed by atoms with van der Waals surface area (Å²) < 4.78 is 5.25. The minimum atomic E-state index is -1.01. The number of ether oxygens (including phenoxy) is 1. The van der Waals surface area contributed by atoms with Gasteiger partial charge >= 0.3 is 5.97 Å². The summed E-state index contributed by atoms with van der Waals surface area (Å²) in [6.45, 7) is 3.94. The van der Waals surface area contributed by atoms with Gasteiger partial charge in [0.1, 0.15) is 5.75 Å². The molecule has 16 heavy (non-hydrogen) atoms. The van der Waals surface area contributed by atoms with Crippen molar-refractivity contribution in [3.05, 3.63) is 29.8 Å². The maximum absolute atomic E-state index is 10.7. The molecule has 0 fully saturated rings. The van der Waals surface area contributed by atoms with Gasteiger partial charge in [0.15, 0.2) is 0 Å². The molecule has 2 N–H and O–H groups in total. The third-order valence-corrected chi connectivity index (χ3v) is 2.40. The number of hydrogen-bond acceptors (Lipinski definition) is 3. The van der Waals surface area contributed by atoms with Crippen LogP contribution in [0.25, 0.3) is 0 Å². The zero-order chi connectivity index (χ0) is 12.1. The van der Waals surface area contributed by atoms with Gasteiger partial charge in [0, 0.05) is 0 Å². The van der Waals surface area contributed by atoms with Crippen LogP contribution >= 0.6 is 0 Å². The van der Waals surface area contributed by atoms with Crippen LogP contribution < -0.4 is 4.74 Å². The number of benzene rings is 1. The molecule has 4 heteroatoms. The molecule has 2 unspecified atom stereocenters. The van der Waals surface area contributed by atoms with E-state index in [9.17, 15) is 9.90 Å². The van der Waals surface area contributed by atoms with Crippen LogP contribution in [0, 0.1) is 5.92 Å². The highest BCUT2D eigenvalue weighted by atomic mass is 16.5. The van der Waals surface area contributed by atoms with E-state index < -0.39 is 18.0 Å². The van der Waals surface area contributed by atoms with Crippen molar-refractivity contribution in [2.75, 3.05) is 6.61 Å². The van der Waals surface area contributed by atoms with Gasteiger partial charge in [0.05, 0.1) is 18.6 Å². The summed E-state index contributed by atoms with van der Waals surface area (Å²) in [5, 5.41) is 18.5. The molecule has 0 saturated carbocycles. The molecule has 0 radical (unpaired) electrons. The lowest BCUT2D eigenvalue weighted by atomic mass is 9.98. The summed E-state index contributed by atoms with van der Waals surface area (Å²) in [6, 6.07) is 6.79. The van der Waals surface area contributed by atoms with Gasteiger partial charge in [-0.15, -0.1) is 0 Å². The van der Waals surface area contributed by atoms with Crippen LogP contribution in [0.4, 0.5) is 0 Å². The fourth-order valence-electron chi connectivity index (χ4n) is 1.35. The van der Waals surface area contributed by atoms with Gasteiger partial charge in [-0.3, -0.25) is 4.79 Å². The topological polar surface area (TPSA) is 66.8 Å². The molecule has 0 aliphatic heterocycles. The molecule has 0 aliphatic rings. The van der Waals surface area contributed by atoms with Crippen LogP contribution in [0.2, 0.25) is 0 Å². The molecule has 0 aliphatic carbocycles. The molecule has 2 atom stereocenters. The quantitative estimate of drug-likeness (QED) is 0.800. The highest BCUT2D eigenvalue weighted by molar-refractivity contribution is 5.70. The standard InChI is InChI=1S/C12H16O4/c1-3-16-10-6-4-9(5-7-10)11(13)8(2)12(14)15/h4-8,11,13H,3H2,1-2H3,(H,14,15). The Morgan fingerprint density at radius 1 is 1.38 bits per heavy atom. The Balaban J connectivity index is 2.77. The monoisotopic (exact) mass is 224 g/mol. The van der Waals surface area contributed by atoms with Crippen LogP contribution in [0.3, 0.4) is 0 Å². The largest absolute Gasteiger partial charge is 0.494 e. The highest BCUT2D eigenvalue weighted by Gasteiger charge is 2.22. The Morgan fingerprint density at radius 3 is 2.38 bits per heavy atom. The number of hydrogen-bond donors (Lipinski definition) is 2. The lowest BCUT2D eigenvalue weighted by Gasteiger charge is -2.15. The Bertz CT molecular complexity index is 345. The first-order chi connectivity index (χ1) is 7.56. The zero-order valence-electron chi connectivity index (χ0n) is 9.38. The molecule has 1 aromatic rings. The summed E-state index contributed by atoms with van der Waals surface area (Å²) in [7, 11) is 0. The SMILES string of the molecule is CCOc1ccc(C(O)C(C)C(=O)O)cc1. The number of aliphatic carboxylic acids is 1. The van der Waals surface area contributed by atoms with E-state index in [1.165, 1.54) is 6.92 Å². The van der Waals surface area contributed by atoms with Gasteiger partial charge in [0.25, 0.3) is 0 Å². The number of carboxylic acids is 1. The van der Waals surface area contributed by atoms with E-state index in [-0.39, 0.29) is 0 Å². The van der Waals surface area contributed by atoms with E-state index >= 15 is 0 Å². The summed E-state index contributed by atoms with van der Waals surface area (Å²) in [6.07, 6.45) is -0.992. The molecule has 0 heterocycles. The normalized spacial score (nSPS) is 14.2. The van der Waals surface area contributed by atoms with Gasteiger partial charge in [0.2, 0.25) is 0 Å². The zero-order valence-corrected chi connectivity index (χ0v) is 9.38. The second kappa shape index (κ2) is 5.51. The van der Waals surface area contributed by atoms with Gasteiger partial charge in [-0.05, 0) is 31.5 Å². The van der Waals surface area contributed by atoms with Crippen LogP contribution in [-0.4, -0.2) is 22.8 Å². The van der Waals surface area contributed by atoms with E-state index in [4.69, 9.17) is 9.84 Å². The minimum Gasteiger partial charge on any atom is -0.494 e. The first kappa shape index (κ1) is 12.5. The third kappa shape index (κ3) is 2.97. The lowest BCUT2D eigenvalue weighted by molar-refractivity contribution is -0.145. The first-order valence-corrected chi connectivity index (χ1v) is 5.20. The Morgan fingerprint density at radius 2 is 1.94 bits per heavy atom. The van der Waals surface area contributed by atoms with Crippen LogP contribution in [0.1, 0.15) is 25.5 Å². The van der Waals surface area contributed by atoms with E-state index in [1.807, 2.05) is 6.92 Å². The maximum atomic E-state index is 10.7. The van der Waals surface area contributed by atoms with Crippen molar-refractivity contribution in [1.29, 1.82) is 0 Å². The van der Waals surface area contributed by atoms with Crippen LogP contribution in [0.15, 0.2) is 24.3 Å². The second-order valence-electron chi connectivity index (χ2n) is 3.57. The molecular weight excluding hydrogens is 208 g/mol. The Kier molecular flexibility index (Phi) is 4.31. The van der Waals surface area contributed by atoms with E-state index in [0.717, 1.165) is 0 Å². The lowest BCUT2D eigenvalue weighted by Crippen LogP contribution is -2.18. The maximum Gasteiger partial charge on any atom is 0.309 e. The Hall–Kier alpha value is -1.55. The molecule has 0 aromatic heterocycles. The van der Waals surface area contributed by atoms with E-state index in [0.29, 0.717) is 17.9 Å². The summed E-state index contributed by atoms with van der Waals surface area (Å²) >= 11 is 0. The average molecular weight is 224 g/mol. The summed E-state index contributed by atoms with van der Waals surface area (Å²) in [4.78, 5) is 10.7. The van der Waals surface area contributed by atoms with Crippen molar-refractivity contribution in [3.8, 4) is 5.75 Å². The fourth-order valence-corrected chi connectivity index (χ4v) is 1.35. The van der Waals surface area contributed by atoms with Crippen molar-refractivity contribution in [2.45, 2.75) is 20.0 Å². The van der Waals surface area contributed by atoms with Crippen LogP contribution in [0.5, 0.6) is 5.75 Å². The third-order valence-electron chi connectivity index (χ3n) is 2.40. The van der Waals surface area contributed by atoms with Crippen molar-refractivity contribution in [3.63, 3.8) is 0 Å². The average Bonchev–Trinajstić information content (AvgIpc) is 2.28. The predicted molar refractivity (Wildman–Crippen MR) is 59.4 cm³/mol. The number of rotatable bonds is 5. The number of carbonyl (C=O) groups is 1. The highest BCUT2D eigenvalue weighted by Crippen LogP contribution is 2.24. The molecule has 0 spiro atoms. The molecule has 0 amide bonds. The first-order valence-electron chi connectivity index (χ1n) is 5.20. The summed E-state index contributed by atoms with van der Waals surface area (Å²) in [5.74, 6) is -1.12. The smallest absolute Gasteiger partial charge is 0.309 e. The van der Waals surface area contributed by atoms with Crippen molar-refractivity contribution < 1.29 is 19.7 Å². The van der Waals surface area contributed by atoms with Gasteiger partial charge in [-0.1, -0.05) is 12.1 Å². The van der Waals surface area contributed by atoms with E-state index in [2.05, 4.69) is 0 Å². The second-order valence-corrected chi connectivity index (χ2v) is 3.57. The number of carboxylic acid groups (broad SMARTS) is 1. The molecule has 0 bridgehead atoms. The molecular formula is C12H16O4. The molecule has 0 saturated heterocycles. The molecule has 1 rings (SSSR count). The predicted octanol–water partition coefficient (Wildman–Crippen LogP) is 1.84. The summed E-state index contributed by atoms with van der Waals surface area (Å²) in [5.41, 5.74) is 0.582. The van der Waals surface area contributed by atoms with Crippen LogP contribution in [-0.2, 0) is 4.79 Å². The molecule has 1 aromatic carbocycles. The number of aliphatic hydroxyl groups excluding tert-OH is 1. The van der Waals surface area contributed by atoms with Crippen molar-refractivity contribution >= 4 is 5.97 Å². The van der Waals surface area contributed by atoms with Crippen molar-refractivity contribution in [1.82, 2.24) is 0 Å². The molecule has 4 nitrogen and oxygen atoms in total. The fraction of sp³-hybridized carbons (Fsp3) is 0.417. The van der Waals surface area contributed by atoms with Crippen molar-refractivity contribution in [2.24, 2.45) is 5.92 Å². The molecule has 88 valence electrons. The van der Waals surface area contributed by atoms with Gasteiger partial charge in [-0.2, -0.15) is 0 Å². The number of aliphatic hydroxyl groups is 1. The Labute approximate surface area is 94.5 Å². The minimum absolute atomic E-state index is 0.577. The van der Waals surface area contributed by atoms with Gasteiger partial charge in [-0.25, -0.2) is 0 Å². The van der Waals surface area contributed by atoms with E-state index in [1.54, 1.807) is 24.3 Å².